The first-order valence-electron chi connectivity index (χ1n) is 14.0. The van der Waals surface area contributed by atoms with E-state index in [1.165, 1.54) is 77.0 Å². The quantitative estimate of drug-likeness (QED) is 0.175. The Hall–Kier alpha value is -0.590. The molecule has 7 heteroatoms. The Morgan fingerprint density at radius 2 is 0.971 bits per heavy atom. The minimum Gasteiger partial charge on any atom is -0.548 e. The molecule has 0 aliphatic rings. The van der Waals surface area contributed by atoms with Gasteiger partial charge in [0.1, 0.15) is 6.04 Å². The van der Waals surface area contributed by atoms with Crippen molar-refractivity contribution in [2.24, 2.45) is 11.8 Å². The number of carboxylic acids is 1. The minimum atomic E-state index is -1.31. The number of hydrogen-bond acceptors (Lipinski definition) is 4. The third-order valence-electron chi connectivity index (χ3n) is 6.49. The summed E-state index contributed by atoms with van der Waals surface area (Å²) in [6.45, 7) is 9.35. The summed E-state index contributed by atoms with van der Waals surface area (Å²) in [6, 6.07) is -1.81. The molecular weight excluding hydrogens is 451 g/mol. The molecule has 2 amide bonds. The van der Waals surface area contributed by atoms with E-state index in [2.05, 4.69) is 17.6 Å². The zero-order valence-corrected chi connectivity index (χ0v) is 25.8. The fourth-order valence-corrected chi connectivity index (χ4v) is 4.18. The van der Waals surface area contributed by atoms with Gasteiger partial charge in [0.25, 0.3) is 0 Å². The molecular formula is C28H53N2NaO4. The normalized spacial score (nSPS) is 12.8. The van der Waals surface area contributed by atoms with Gasteiger partial charge in [-0.05, 0) is 18.3 Å². The SMILES string of the molecule is CCCCCCCCCCCCCCCCCC(=O)N[C@@H](C(=O)N[C@H](C(=O)[O-])C(C)C)C(C)C.[Na+]. The predicted molar refractivity (Wildman–Crippen MR) is 138 cm³/mol. The van der Waals surface area contributed by atoms with Crippen LogP contribution in [0.2, 0.25) is 0 Å². The van der Waals surface area contributed by atoms with E-state index in [0.29, 0.717) is 6.42 Å². The number of rotatable bonds is 22. The molecule has 0 radical (unpaired) electrons. The van der Waals surface area contributed by atoms with E-state index in [-0.39, 0.29) is 47.3 Å². The Kier molecular flexibility index (Phi) is 24.9. The van der Waals surface area contributed by atoms with Gasteiger partial charge in [0.05, 0.1) is 12.0 Å². The van der Waals surface area contributed by atoms with Crippen molar-refractivity contribution in [3.63, 3.8) is 0 Å². The first-order chi connectivity index (χ1) is 16.2. The zero-order valence-electron chi connectivity index (χ0n) is 23.8. The molecule has 0 aliphatic carbocycles. The van der Waals surface area contributed by atoms with Crippen LogP contribution in [0.3, 0.4) is 0 Å². The smallest absolute Gasteiger partial charge is 0.548 e. The number of hydrogen-bond donors (Lipinski definition) is 2. The summed E-state index contributed by atoms with van der Waals surface area (Å²) in [4.78, 5) is 36.1. The maximum Gasteiger partial charge on any atom is 1.00 e. The first kappa shape index (κ1) is 36.6. The van der Waals surface area contributed by atoms with Crippen molar-refractivity contribution in [1.29, 1.82) is 0 Å². The molecule has 2 N–H and O–H groups in total. The van der Waals surface area contributed by atoms with Crippen molar-refractivity contribution in [3.8, 4) is 0 Å². The molecule has 2 atom stereocenters. The summed E-state index contributed by atoms with van der Waals surface area (Å²) < 4.78 is 0. The summed E-state index contributed by atoms with van der Waals surface area (Å²) in [6.07, 6.45) is 19.5. The molecule has 200 valence electrons. The maximum absolute atomic E-state index is 12.5. The van der Waals surface area contributed by atoms with Crippen molar-refractivity contribution in [2.45, 2.75) is 149 Å². The average molecular weight is 505 g/mol. The average Bonchev–Trinajstić information content (AvgIpc) is 2.77. The number of unbranched alkanes of at least 4 members (excludes halogenated alkanes) is 14. The summed E-state index contributed by atoms with van der Waals surface area (Å²) in [5.41, 5.74) is 0. The van der Waals surface area contributed by atoms with E-state index in [1.54, 1.807) is 13.8 Å². The van der Waals surface area contributed by atoms with Crippen molar-refractivity contribution >= 4 is 17.8 Å². The van der Waals surface area contributed by atoms with E-state index in [4.69, 9.17) is 0 Å². The second kappa shape index (κ2) is 23.8. The van der Waals surface area contributed by atoms with Gasteiger partial charge in [-0.2, -0.15) is 0 Å². The molecule has 0 bridgehead atoms. The molecule has 0 heterocycles. The Morgan fingerprint density at radius 1 is 0.600 bits per heavy atom. The third-order valence-corrected chi connectivity index (χ3v) is 6.49. The van der Waals surface area contributed by atoms with Crippen molar-refractivity contribution in [2.75, 3.05) is 0 Å². The van der Waals surface area contributed by atoms with Crippen LogP contribution >= 0.6 is 0 Å². The van der Waals surface area contributed by atoms with Crippen LogP contribution in [0.1, 0.15) is 137 Å². The molecule has 6 nitrogen and oxygen atoms in total. The summed E-state index contributed by atoms with van der Waals surface area (Å²) in [7, 11) is 0. The monoisotopic (exact) mass is 504 g/mol. The van der Waals surface area contributed by atoms with Gasteiger partial charge in [-0.25, -0.2) is 0 Å². The van der Waals surface area contributed by atoms with Gasteiger partial charge in [0.2, 0.25) is 11.8 Å². The van der Waals surface area contributed by atoms with Crippen LogP contribution in [-0.2, 0) is 14.4 Å². The number of amides is 2. The van der Waals surface area contributed by atoms with Crippen molar-refractivity contribution < 1.29 is 49.0 Å². The molecule has 35 heavy (non-hydrogen) atoms. The molecule has 0 unspecified atom stereocenters. The molecule has 0 aromatic carbocycles. The topological polar surface area (TPSA) is 98.3 Å². The first-order valence-corrected chi connectivity index (χ1v) is 14.0. The molecule has 0 aliphatic heterocycles. The van der Waals surface area contributed by atoms with E-state index in [9.17, 15) is 19.5 Å². The van der Waals surface area contributed by atoms with Crippen LogP contribution in [0, 0.1) is 11.8 Å². The zero-order chi connectivity index (χ0) is 25.8. The Bertz CT molecular complexity index is 555. The Labute approximate surface area is 237 Å². The van der Waals surface area contributed by atoms with Gasteiger partial charge < -0.3 is 20.5 Å². The van der Waals surface area contributed by atoms with Crippen molar-refractivity contribution in [1.82, 2.24) is 10.6 Å². The van der Waals surface area contributed by atoms with E-state index in [0.717, 1.165) is 19.3 Å². The van der Waals surface area contributed by atoms with E-state index in [1.807, 2.05) is 13.8 Å². The minimum absolute atomic E-state index is 0. The molecule has 0 aromatic rings. The molecule has 0 fully saturated rings. The summed E-state index contributed by atoms with van der Waals surface area (Å²) in [5.74, 6) is -2.37. The number of carbonyl (C=O) groups is 3. The number of carbonyl (C=O) groups excluding carboxylic acids is 3. The second-order valence-corrected chi connectivity index (χ2v) is 10.5. The van der Waals surface area contributed by atoms with Gasteiger partial charge in [-0.15, -0.1) is 0 Å². The maximum atomic E-state index is 12.5. The van der Waals surface area contributed by atoms with E-state index >= 15 is 0 Å². The molecule has 0 spiro atoms. The fraction of sp³-hybridized carbons (Fsp3) is 0.893. The molecule has 0 aromatic heterocycles. The van der Waals surface area contributed by atoms with E-state index < -0.39 is 24.0 Å². The van der Waals surface area contributed by atoms with Crippen LogP contribution in [0.4, 0.5) is 0 Å². The fourth-order valence-electron chi connectivity index (χ4n) is 4.18. The van der Waals surface area contributed by atoms with Gasteiger partial charge in [0.15, 0.2) is 0 Å². The van der Waals surface area contributed by atoms with Crippen molar-refractivity contribution in [3.05, 3.63) is 0 Å². The Morgan fingerprint density at radius 3 is 1.31 bits per heavy atom. The second-order valence-electron chi connectivity index (χ2n) is 10.5. The van der Waals surface area contributed by atoms with Gasteiger partial charge >= 0.3 is 29.6 Å². The molecule has 0 saturated carbocycles. The Balaban J connectivity index is 0. The predicted octanol–water partition coefficient (Wildman–Crippen LogP) is 2.28. The van der Waals surface area contributed by atoms with Crippen LogP contribution in [-0.4, -0.2) is 29.9 Å². The summed E-state index contributed by atoms with van der Waals surface area (Å²) in [5, 5.41) is 16.5. The number of aliphatic carboxylic acids is 1. The summed E-state index contributed by atoms with van der Waals surface area (Å²) >= 11 is 0. The standard InChI is InChI=1S/C28H54N2O4.Na/c1-6-7-8-9-10-11-12-13-14-15-16-17-18-19-20-21-24(31)29-25(22(2)3)27(32)30-26(23(4)5)28(33)34;/h22-23,25-26H,6-21H2,1-5H3,(H,29,31)(H,30,32)(H,33,34);/q;+1/p-1/t25-,26+;/m1./s1. The van der Waals surface area contributed by atoms with Crippen LogP contribution < -0.4 is 45.3 Å². The number of carboxylic acid groups (broad SMARTS) is 1. The third kappa shape index (κ3) is 20.2. The van der Waals surface area contributed by atoms with Crippen LogP contribution in [0.5, 0.6) is 0 Å². The van der Waals surface area contributed by atoms with Gasteiger partial charge in [-0.1, -0.05) is 125 Å². The van der Waals surface area contributed by atoms with Gasteiger partial charge in [0, 0.05) is 6.42 Å². The van der Waals surface area contributed by atoms with Crippen LogP contribution in [0.15, 0.2) is 0 Å². The molecule has 0 saturated heterocycles. The number of nitrogens with one attached hydrogen (secondary N) is 2. The van der Waals surface area contributed by atoms with Crippen LogP contribution in [0.25, 0.3) is 0 Å². The molecule has 0 rings (SSSR count). The van der Waals surface area contributed by atoms with Gasteiger partial charge in [-0.3, -0.25) is 9.59 Å². The largest absolute Gasteiger partial charge is 1.00 e.